The van der Waals surface area contributed by atoms with Gasteiger partial charge in [0.2, 0.25) is 0 Å². The molecule has 2 aliphatic rings. The molecule has 1 saturated heterocycles. The number of aliphatic hydroxyl groups excluding tert-OH is 1. The summed E-state index contributed by atoms with van der Waals surface area (Å²) < 4.78 is 1.94. The van der Waals surface area contributed by atoms with Crippen molar-refractivity contribution < 1.29 is 15.1 Å². The molecule has 0 spiro atoms. The third-order valence-corrected chi connectivity index (χ3v) is 5.61. The summed E-state index contributed by atoms with van der Waals surface area (Å²) in [5, 5.41) is 23.0. The van der Waals surface area contributed by atoms with Crippen molar-refractivity contribution in [1.29, 1.82) is 0 Å². The lowest BCUT2D eigenvalue weighted by atomic mass is 9.83. The van der Waals surface area contributed by atoms with Gasteiger partial charge in [0, 0.05) is 42.4 Å². The Morgan fingerprint density at radius 3 is 2.81 bits per heavy atom. The summed E-state index contributed by atoms with van der Waals surface area (Å²) in [6.45, 7) is 3.97. The molecular formula is C20H26N3O3+. The predicted molar refractivity (Wildman–Crippen MR) is 99.7 cm³/mol. The molecule has 1 fully saturated rings. The van der Waals surface area contributed by atoms with E-state index in [0.29, 0.717) is 24.9 Å². The van der Waals surface area contributed by atoms with Crippen LogP contribution < -0.4 is 15.8 Å². The van der Waals surface area contributed by atoms with Crippen molar-refractivity contribution in [2.45, 2.75) is 25.0 Å². The summed E-state index contributed by atoms with van der Waals surface area (Å²) in [6.07, 6.45) is 0.713. The number of nitrogens with one attached hydrogen (secondary N) is 2. The number of likely N-dealkylation sites (tertiary alicyclic amines) is 1. The third-order valence-electron chi connectivity index (χ3n) is 5.61. The molecule has 4 atom stereocenters. The zero-order valence-electron chi connectivity index (χ0n) is 14.8. The largest absolute Gasteiger partial charge is 0.508 e. The molecule has 0 aliphatic carbocycles. The van der Waals surface area contributed by atoms with Crippen molar-refractivity contribution in [3.63, 3.8) is 0 Å². The zero-order chi connectivity index (χ0) is 18.1. The van der Waals surface area contributed by atoms with Crippen LogP contribution in [-0.4, -0.2) is 47.1 Å². The molecule has 4 N–H and O–H groups in total. The highest BCUT2D eigenvalue weighted by Crippen LogP contribution is 2.29. The van der Waals surface area contributed by atoms with Gasteiger partial charge in [0.15, 0.2) is 0 Å². The molecule has 2 unspecified atom stereocenters. The molecule has 0 radical (unpaired) electrons. The summed E-state index contributed by atoms with van der Waals surface area (Å²) in [7, 11) is 0. The minimum absolute atomic E-state index is 0.110. The van der Waals surface area contributed by atoms with Gasteiger partial charge >= 0.3 is 0 Å². The summed E-state index contributed by atoms with van der Waals surface area (Å²) in [5.74, 6) is 1.15. The number of quaternary nitrogens is 1. The van der Waals surface area contributed by atoms with Gasteiger partial charge in [0.25, 0.3) is 5.56 Å². The van der Waals surface area contributed by atoms with Crippen molar-refractivity contribution in [2.24, 2.45) is 5.92 Å². The van der Waals surface area contributed by atoms with Gasteiger partial charge < -0.3 is 25.0 Å². The SMILES string of the molecule is O=c1cccc2n1C[C@H]1C[C@@H]2C[NH+](CC(O)CNc2ccc(O)cc2)C1. The number of benzene rings is 1. The molecule has 0 saturated carbocycles. The average molecular weight is 356 g/mol. The number of anilines is 1. The second-order valence-electron chi connectivity index (χ2n) is 7.64. The fourth-order valence-corrected chi connectivity index (χ4v) is 4.51. The molecule has 3 heterocycles. The molecule has 138 valence electrons. The molecular weight excluding hydrogens is 330 g/mol. The topological polar surface area (TPSA) is 78.9 Å². The number of rotatable bonds is 5. The first kappa shape index (κ1) is 17.1. The number of phenols is 1. The molecule has 26 heavy (non-hydrogen) atoms. The van der Waals surface area contributed by atoms with Crippen LogP contribution in [0.4, 0.5) is 5.69 Å². The monoisotopic (exact) mass is 356 g/mol. The zero-order valence-corrected chi connectivity index (χ0v) is 14.8. The molecule has 2 aliphatic heterocycles. The summed E-state index contributed by atoms with van der Waals surface area (Å²) in [5.41, 5.74) is 2.15. The van der Waals surface area contributed by atoms with Crippen LogP contribution in [0.3, 0.4) is 0 Å². The highest BCUT2D eigenvalue weighted by molar-refractivity contribution is 5.45. The summed E-state index contributed by atoms with van der Waals surface area (Å²) >= 11 is 0. The highest BCUT2D eigenvalue weighted by atomic mass is 16.3. The van der Waals surface area contributed by atoms with E-state index in [1.54, 1.807) is 30.3 Å². The van der Waals surface area contributed by atoms with Crippen molar-refractivity contribution in [3.05, 3.63) is 58.5 Å². The van der Waals surface area contributed by atoms with Gasteiger partial charge in [-0.2, -0.15) is 0 Å². The first-order valence-corrected chi connectivity index (χ1v) is 9.33. The Labute approximate surface area is 152 Å². The lowest BCUT2D eigenvalue weighted by Crippen LogP contribution is -3.15. The molecule has 2 aromatic rings. The number of hydrogen-bond acceptors (Lipinski definition) is 4. The Hall–Kier alpha value is -2.31. The molecule has 4 rings (SSSR count). The maximum absolute atomic E-state index is 12.1. The van der Waals surface area contributed by atoms with Crippen molar-refractivity contribution in [1.82, 2.24) is 4.57 Å². The van der Waals surface area contributed by atoms with Gasteiger partial charge in [-0.1, -0.05) is 6.07 Å². The van der Waals surface area contributed by atoms with Crippen LogP contribution in [0.15, 0.2) is 47.3 Å². The van der Waals surface area contributed by atoms with E-state index in [1.165, 1.54) is 4.90 Å². The second kappa shape index (κ2) is 7.13. The number of aromatic hydroxyl groups is 1. The van der Waals surface area contributed by atoms with E-state index in [0.717, 1.165) is 37.4 Å². The van der Waals surface area contributed by atoms with Crippen molar-refractivity contribution in [2.75, 3.05) is 31.5 Å². The number of aliphatic hydroxyl groups is 1. The molecule has 1 aromatic carbocycles. The van der Waals surface area contributed by atoms with Crippen LogP contribution in [0.5, 0.6) is 5.75 Å². The van der Waals surface area contributed by atoms with Crippen LogP contribution in [0, 0.1) is 5.92 Å². The Balaban J connectivity index is 1.35. The molecule has 6 nitrogen and oxygen atoms in total. The Bertz CT molecular complexity index is 818. The summed E-state index contributed by atoms with van der Waals surface area (Å²) in [4.78, 5) is 13.5. The number of pyridine rings is 1. The van der Waals surface area contributed by atoms with Gasteiger partial charge in [-0.25, -0.2) is 0 Å². The highest BCUT2D eigenvalue weighted by Gasteiger charge is 2.37. The lowest BCUT2D eigenvalue weighted by Gasteiger charge is -2.40. The van der Waals surface area contributed by atoms with Crippen LogP contribution in [0.1, 0.15) is 18.0 Å². The average Bonchev–Trinajstić information content (AvgIpc) is 2.62. The number of aromatic nitrogens is 1. The number of piperidine rings is 1. The molecule has 1 aromatic heterocycles. The van der Waals surface area contributed by atoms with E-state index in [2.05, 4.69) is 11.4 Å². The number of hydrogen-bond donors (Lipinski definition) is 4. The van der Waals surface area contributed by atoms with Crippen LogP contribution >= 0.6 is 0 Å². The maximum Gasteiger partial charge on any atom is 0.250 e. The van der Waals surface area contributed by atoms with E-state index in [1.807, 2.05) is 10.6 Å². The fourth-order valence-electron chi connectivity index (χ4n) is 4.51. The molecule has 2 bridgehead atoms. The van der Waals surface area contributed by atoms with Crippen molar-refractivity contribution >= 4 is 5.69 Å². The standard InChI is InChI=1S/C20H25N3O3/c24-17-6-4-16(5-7-17)21-9-18(25)13-22-10-14-8-15(12-22)19-2-1-3-20(26)23(19)11-14/h1-7,14-15,18,21,24-25H,8-13H2/p+1/t14-,15+,18?/m0/s1. The van der Waals surface area contributed by atoms with Gasteiger partial charge in [-0.15, -0.1) is 0 Å². The molecule has 0 amide bonds. The van der Waals surface area contributed by atoms with Crippen LogP contribution in [-0.2, 0) is 6.54 Å². The summed E-state index contributed by atoms with van der Waals surface area (Å²) in [6, 6.07) is 12.4. The minimum atomic E-state index is -0.435. The van der Waals surface area contributed by atoms with Gasteiger partial charge in [-0.3, -0.25) is 4.79 Å². The maximum atomic E-state index is 12.1. The quantitative estimate of drug-likeness (QED) is 0.570. The fraction of sp³-hybridized carbons (Fsp3) is 0.450. The number of nitrogens with zero attached hydrogens (tertiary/aromatic N) is 1. The van der Waals surface area contributed by atoms with Crippen molar-refractivity contribution in [3.8, 4) is 5.75 Å². The van der Waals surface area contributed by atoms with Gasteiger partial charge in [-0.05, 0) is 36.8 Å². The number of fused-ring (bicyclic) bond motifs is 4. The normalized spacial score (nSPS) is 25.3. The van der Waals surface area contributed by atoms with E-state index < -0.39 is 6.10 Å². The number of phenolic OH excluding ortho intramolecular Hbond substituents is 1. The Morgan fingerprint density at radius 2 is 2.00 bits per heavy atom. The van der Waals surface area contributed by atoms with E-state index in [9.17, 15) is 15.0 Å². The van der Waals surface area contributed by atoms with Crippen LogP contribution in [0.2, 0.25) is 0 Å². The van der Waals surface area contributed by atoms with Gasteiger partial charge in [0.1, 0.15) is 18.4 Å². The Morgan fingerprint density at radius 1 is 1.19 bits per heavy atom. The van der Waals surface area contributed by atoms with E-state index in [4.69, 9.17) is 0 Å². The van der Waals surface area contributed by atoms with E-state index in [-0.39, 0.29) is 11.3 Å². The third kappa shape index (κ3) is 3.61. The van der Waals surface area contributed by atoms with Crippen LogP contribution in [0.25, 0.3) is 0 Å². The minimum Gasteiger partial charge on any atom is -0.508 e. The Kier molecular flexibility index (Phi) is 4.70. The smallest absolute Gasteiger partial charge is 0.250 e. The second-order valence-corrected chi connectivity index (χ2v) is 7.64. The van der Waals surface area contributed by atoms with E-state index >= 15 is 0 Å². The van der Waals surface area contributed by atoms with Gasteiger partial charge in [0.05, 0.1) is 13.1 Å². The lowest BCUT2D eigenvalue weighted by molar-refractivity contribution is -0.913. The first-order chi connectivity index (χ1) is 12.6. The predicted octanol–water partition coefficient (Wildman–Crippen LogP) is 0.0289. The molecule has 6 heteroatoms. The first-order valence-electron chi connectivity index (χ1n) is 9.33.